The van der Waals surface area contributed by atoms with E-state index in [1.165, 1.54) is 17.3 Å². The number of carbonyl (C=O) groups excluding carboxylic acids is 2. The molecule has 204 valence electrons. The van der Waals surface area contributed by atoms with E-state index in [4.69, 9.17) is 4.74 Å². The lowest BCUT2D eigenvalue weighted by atomic mass is 9.98. The molecular weight excluding hydrogens is 502 g/mol. The molecule has 3 aliphatic rings. The second-order valence-electron chi connectivity index (χ2n) is 10.6. The van der Waals surface area contributed by atoms with Gasteiger partial charge < -0.3 is 15.0 Å². The molecule has 3 aromatic rings. The van der Waals surface area contributed by atoms with Crippen LogP contribution in [0.3, 0.4) is 0 Å². The maximum absolute atomic E-state index is 13.1. The third kappa shape index (κ3) is 6.03. The maximum atomic E-state index is 13.1. The molecular formula is C32H33N5O3. The zero-order valence-electron chi connectivity index (χ0n) is 22.4. The number of anilines is 1. The fourth-order valence-corrected chi connectivity index (χ4v) is 5.76. The van der Waals surface area contributed by atoms with E-state index in [1.54, 1.807) is 30.6 Å². The van der Waals surface area contributed by atoms with Gasteiger partial charge in [0, 0.05) is 63.0 Å². The van der Waals surface area contributed by atoms with Gasteiger partial charge in [-0.2, -0.15) is 0 Å². The lowest BCUT2D eigenvalue weighted by Crippen LogP contribution is -2.36. The molecule has 2 fully saturated rings. The third-order valence-corrected chi connectivity index (χ3v) is 7.90. The number of benzene rings is 1. The summed E-state index contributed by atoms with van der Waals surface area (Å²) in [6.45, 7) is 5.14. The van der Waals surface area contributed by atoms with Crippen LogP contribution in [0.25, 0.3) is 11.6 Å². The molecule has 1 aliphatic carbocycles. The Bertz CT molecular complexity index is 1420. The summed E-state index contributed by atoms with van der Waals surface area (Å²) in [5, 5.41) is 2.94. The van der Waals surface area contributed by atoms with Gasteiger partial charge in [0.1, 0.15) is 5.82 Å². The summed E-state index contributed by atoms with van der Waals surface area (Å²) in [6, 6.07) is 16.0. The normalized spacial score (nSPS) is 20.9. The molecule has 2 aromatic heterocycles. The van der Waals surface area contributed by atoms with Crippen molar-refractivity contribution >= 4 is 29.3 Å². The number of pyridine rings is 2. The molecule has 0 saturated carbocycles. The fraction of sp³-hybridized carbons (Fsp3) is 0.312. The van der Waals surface area contributed by atoms with Crippen LogP contribution in [0, 0.1) is 11.8 Å². The number of hydrogen-bond acceptors (Lipinski definition) is 6. The van der Waals surface area contributed by atoms with Gasteiger partial charge in [-0.1, -0.05) is 36.4 Å². The molecule has 1 aromatic carbocycles. The average molecular weight is 536 g/mol. The van der Waals surface area contributed by atoms with Crippen LogP contribution in [-0.2, 0) is 16.1 Å². The van der Waals surface area contributed by atoms with Gasteiger partial charge in [-0.3, -0.25) is 19.5 Å². The number of rotatable bonds is 7. The molecule has 2 saturated heterocycles. The Morgan fingerprint density at radius 2 is 1.90 bits per heavy atom. The minimum absolute atomic E-state index is 0.0211. The number of nitrogens with zero attached hydrogens (tertiary/aromatic N) is 4. The number of carbonyl (C=O) groups is 2. The highest BCUT2D eigenvalue weighted by molar-refractivity contribution is 6.04. The van der Waals surface area contributed by atoms with Crippen molar-refractivity contribution in [2.24, 2.45) is 11.8 Å². The van der Waals surface area contributed by atoms with E-state index >= 15 is 0 Å². The Morgan fingerprint density at radius 1 is 1.05 bits per heavy atom. The van der Waals surface area contributed by atoms with Crippen molar-refractivity contribution in [1.29, 1.82) is 0 Å². The lowest BCUT2D eigenvalue weighted by molar-refractivity contribution is -0.125. The summed E-state index contributed by atoms with van der Waals surface area (Å²) in [6.07, 6.45) is 11.7. The van der Waals surface area contributed by atoms with Crippen LogP contribution in [0.15, 0.2) is 79.3 Å². The van der Waals surface area contributed by atoms with Gasteiger partial charge in [-0.15, -0.1) is 0 Å². The first-order valence-corrected chi connectivity index (χ1v) is 13.9. The summed E-state index contributed by atoms with van der Waals surface area (Å²) in [5.41, 5.74) is 4.87. The molecule has 0 radical (unpaired) electrons. The van der Waals surface area contributed by atoms with E-state index in [1.807, 2.05) is 23.1 Å². The van der Waals surface area contributed by atoms with Gasteiger partial charge in [-0.05, 0) is 59.2 Å². The SMILES string of the molecule is O=C(Nc1ncc(C=CC(=O)N2CC3C=C(c4ccccc4)CC3C2)cc1CN1CCOCC1)c1cccnc1. The molecule has 2 aliphatic heterocycles. The highest BCUT2D eigenvalue weighted by Crippen LogP contribution is 2.41. The number of hydrogen-bond donors (Lipinski definition) is 1. The summed E-state index contributed by atoms with van der Waals surface area (Å²) >= 11 is 0. The number of amides is 2. The fourth-order valence-electron chi connectivity index (χ4n) is 5.76. The third-order valence-electron chi connectivity index (χ3n) is 7.90. The predicted molar refractivity (Wildman–Crippen MR) is 154 cm³/mol. The molecule has 4 heterocycles. The number of morpholine rings is 1. The Hall–Kier alpha value is -4.14. The molecule has 8 heteroatoms. The molecule has 8 nitrogen and oxygen atoms in total. The highest BCUT2D eigenvalue weighted by atomic mass is 16.5. The quantitative estimate of drug-likeness (QED) is 0.458. The minimum Gasteiger partial charge on any atom is -0.379 e. The lowest BCUT2D eigenvalue weighted by Gasteiger charge is -2.27. The van der Waals surface area contributed by atoms with Gasteiger partial charge in [0.2, 0.25) is 5.91 Å². The molecule has 0 spiro atoms. The van der Waals surface area contributed by atoms with E-state index in [0.717, 1.165) is 43.7 Å². The maximum Gasteiger partial charge on any atom is 0.258 e. The van der Waals surface area contributed by atoms with Crippen LogP contribution >= 0.6 is 0 Å². The number of allylic oxidation sites excluding steroid dienone is 1. The number of ether oxygens (including phenoxy) is 1. The standard InChI is InChI=1S/C32H33N5O3/c38-30(37-21-27-16-26(17-28(27)22-37)24-5-2-1-3-6-24)9-8-23-15-29(20-36-11-13-40-14-12-36)31(34-18-23)35-32(39)25-7-4-10-33-19-25/h1-10,15-16,18-19,27-28H,11-14,17,20-22H2,(H,34,35,39). The van der Waals surface area contributed by atoms with Crippen LogP contribution in [0.5, 0.6) is 0 Å². The van der Waals surface area contributed by atoms with Gasteiger partial charge in [0.25, 0.3) is 5.91 Å². The van der Waals surface area contributed by atoms with E-state index < -0.39 is 0 Å². The minimum atomic E-state index is -0.258. The molecule has 40 heavy (non-hydrogen) atoms. The van der Waals surface area contributed by atoms with Gasteiger partial charge in [0.05, 0.1) is 18.8 Å². The number of fused-ring (bicyclic) bond motifs is 1. The van der Waals surface area contributed by atoms with E-state index in [0.29, 0.717) is 43.0 Å². The summed E-state index contributed by atoms with van der Waals surface area (Å²) in [4.78, 5) is 38.7. The van der Waals surface area contributed by atoms with E-state index in [9.17, 15) is 9.59 Å². The van der Waals surface area contributed by atoms with Crippen LogP contribution in [0.4, 0.5) is 5.82 Å². The second kappa shape index (κ2) is 11.9. The smallest absolute Gasteiger partial charge is 0.258 e. The van der Waals surface area contributed by atoms with Crippen molar-refractivity contribution in [3.8, 4) is 0 Å². The Labute approximate surface area is 234 Å². The van der Waals surface area contributed by atoms with Crippen LogP contribution in [0.2, 0.25) is 0 Å². The monoisotopic (exact) mass is 535 g/mol. The van der Waals surface area contributed by atoms with Crippen molar-refractivity contribution < 1.29 is 14.3 Å². The molecule has 0 bridgehead atoms. The van der Waals surface area contributed by atoms with Crippen LogP contribution < -0.4 is 5.32 Å². The van der Waals surface area contributed by atoms with Crippen molar-refractivity contribution in [2.75, 3.05) is 44.7 Å². The second-order valence-corrected chi connectivity index (χ2v) is 10.6. The van der Waals surface area contributed by atoms with E-state index in [2.05, 4.69) is 50.5 Å². The Kier molecular flexibility index (Phi) is 7.79. The van der Waals surface area contributed by atoms with E-state index in [-0.39, 0.29) is 11.8 Å². The van der Waals surface area contributed by atoms with Crippen molar-refractivity contribution in [2.45, 2.75) is 13.0 Å². The van der Waals surface area contributed by atoms with Gasteiger partial charge in [-0.25, -0.2) is 4.98 Å². The number of likely N-dealkylation sites (tertiary alicyclic amines) is 1. The van der Waals surface area contributed by atoms with Crippen LogP contribution in [0.1, 0.15) is 33.5 Å². The zero-order valence-corrected chi connectivity index (χ0v) is 22.4. The average Bonchev–Trinajstić information content (AvgIpc) is 3.59. The van der Waals surface area contributed by atoms with Gasteiger partial charge >= 0.3 is 0 Å². The van der Waals surface area contributed by atoms with Crippen molar-refractivity contribution in [3.63, 3.8) is 0 Å². The van der Waals surface area contributed by atoms with Crippen molar-refractivity contribution in [3.05, 3.63) is 102 Å². The van der Waals surface area contributed by atoms with Crippen LogP contribution in [-0.4, -0.2) is 71.0 Å². The van der Waals surface area contributed by atoms with Crippen molar-refractivity contribution in [1.82, 2.24) is 19.8 Å². The molecule has 2 amide bonds. The number of aromatic nitrogens is 2. The molecule has 1 N–H and O–H groups in total. The molecule has 6 rings (SSSR count). The van der Waals surface area contributed by atoms with Gasteiger partial charge in [0.15, 0.2) is 0 Å². The molecule has 2 atom stereocenters. The Balaban J connectivity index is 1.14. The first-order chi connectivity index (χ1) is 19.6. The topological polar surface area (TPSA) is 87.7 Å². The summed E-state index contributed by atoms with van der Waals surface area (Å²) in [7, 11) is 0. The Morgan fingerprint density at radius 3 is 2.67 bits per heavy atom. The summed E-state index contributed by atoms with van der Waals surface area (Å²) < 4.78 is 5.49. The first kappa shape index (κ1) is 26.1. The number of nitrogens with one attached hydrogen (secondary N) is 1. The first-order valence-electron chi connectivity index (χ1n) is 13.9. The molecule has 2 unspecified atom stereocenters. The zero-order chi connectivity index (χ0) is 27.3. The largest absolute Gasteiger partial charge is 0.379 e. The summed E-state index contributed by atoms with van der Waals surface area (Å²) in [5.74, 6) is 1.17. The predicted octanol–water partition coefficient (Wildman–Crippen LogP) is 4.14. The highest BCUT2D eigenvalue weighted by Gasteiger charge is 2.37.